The van der Waals surface area contributed by atoms with Crippen LogP contribution in [-0.4, -0.2) is 10.9 Å². The summed E-state index contributed by atoms with van der Waals surface area (Å²) in [6, 6.07) is 17.9. The van der Waals surface area contributed by atoms with Crippen LogP contribution in [0, 0.1) is 17.1 Å². The zero-order valence-electron chi connectivity index (χ0n) is 13.0. The third-order valence-corrected chi connectivity index (χ3v) is 3.36. The minimum absolute atomic E-state index is 0.229. The van der Waals surface area contributed by atoms with Crippen molar-refractivity contribution >= 4 is 23.0 Å². The van der Waals surface area contributed by atoms with Gasteiger partial charge in [-0.05, 0) is 48.5 Å². The molecule has 0 unspecified atom stereocenters. The van der Waals surface area contributed by atoms with Gasteiger partial charge in [-0.1, -0.05) is 12.1 Å². The van der Waals surface area contributed by atoms with Crippen LogP contribution in [0.3, 0.4) is 0 Å². The smallest absolute Gasteiger partial charge is 0.274 e. The second-order valence-electron chi connectivity index (χ2n) is 5.21. The fraction of sp³-hybridized carbons (Fsp3) is 0. The highest BCUT2D eigenvalue weighted by Gasteiger charge is 2.08. The average Bonchev–Trinajstić information content (AvgIpc) is 2.62. The van der Waals surface area contributed by atoms with Crippen molar-refractivity contribution in [2.24, 2.45) is 0 Å². The lowest BCUT2D eigenvalue weighted by Crippen LogP contribution is -2.13. The lowest BCUT2D eigenvalue weighted by molar-refractivity contribution is 0.102. The summed E-state index contributed by atoms with van der Waals surface area (Å²) in [5.74, 6) is -0.721. The molecule has 3 aromatic rings. The number of pyridine rings is 1. The molecule has 25 heavy (non-hydrogen) atoms. The highest BCUT2D eigenvalue weighted by molar-refractivity contribution is 6.03. The predicted octanol–water partition coefficient (Wildman–Crippen LogP) is 4.09. The summed E-state index contributed by atoms with van der Waals surface area (Å²) >= 11 is 0. The van der Waals surface area contributed by atoms with Crippen LogP contribution < -0.4 is 10.6 Å². The number of nitrogens with one attached hydrogen (secondary N) is 2. The van der Waals surface area contributed by atoms with Crippen molar-refractivity contribution in [1.29, 1.82) is 5.26 Å². The summed E-state index contributed by atoms with van der Waals surface area (Å²) in [4.78, 5) is 16.3. The van der Waals surface area contributed by atoms with Crippen LogP contribution in [0.5, 0.6) is 0 Å². The van der Waals surface area contributed by atoms with Crippen LogP contribution in [0.15, 0.2) is 66.9 Å². The highest BCUT2D eigenvalue weighted by atomic mass is 19.1. The Hall–Kier alpha value is -3.72. The molecule has 6 heteroatoms. The molecule has 0 radical (unpaired) electrons. The molecule has 0 fully saturated rings. The maximum atomic E-state index is 13.2. The van der Waals surface area contributed by atoms with E-state index in [2.05, 4.69) is 15.6 Å². The number of benzene rings is 2. The number of anilines is 3. The van der Waals surface area contributed by atoms with E-state index in [4.69, 9.17) is 5.26 Å². The van der Waals surface area contributed by atoms with Crippen LogP contribution in [0.25, 0.3) is 0 Å². The third-order valence-electron chi connectivity index (χ3n) is 3.36. The average molecular weight is 332 g/mol. The SMILES string of the molecule is N#Cc1cccc(NC(=O)c2ccc(Nc3cccc(F)c3)cn2)c1. The zero-order chi connectivity index (χ0) is 17.6. The molecule has 0 aliphatic rings. The van der Waals surface area contributed by atoms with Crippen LogP contribution in [0.1, 0.15) is 16.1 Å². The summed E-state index contributed by atoms with van der Waals surface area (Å²) in [5.41, 5.74) is 2.43. The number of halogens is 1. The molecule has 1 amide bonds. The number of carbonyl (C=O) groups is 1. The summed E-state index contributed by atoms with van der Waals surface area (Å²) in [5, 5.41) is 14.6. The Labute approximate surface area is 143 Å². The van der Waals surface area contributed by atoms with Gasteiger partial charge in [-0.2, -0.15) is 5.26 Å². The van der Waals surface area contributed by atoms with Gasteiger partial charge < -0.3 is 10.6 Å². The molecule has 0 atom stereocenters. The molecule has 0 saturated heterocycles. The van der Waals surface area contributed by atoms with Crippen molar-refractivity contribution in [2.45, 2.75) is 0 Å². The molecule has 1 heterocycles. The topological polar surface area (TPSA) is 77.8 Å². The van der Waals surface area contributed by atoms with Crippen molar-refractivity contribution in [1.82, 2.24) is 4.98 Å². The van der Waals surface area contributed by atoms with Crippen LogP contribution in [-0.2, 0) is 0 Å². The van der Waals surface area contributed by atoms with Gasteiger partial charge in [0.25, 0.3) is 5.91 Å². The first-order valence-corrected chi connectivity index (χ1v) is 7.44. The molecule has 0 spiro atoms. The van der Waals surface area contributed by atoms with Gasteiger partial charge >= 0.3 is 0 Å². The van der Waals surface area contributed by atoms with E-state index in [0.717, 1.165) is 0 Å². The Morgan fingerprint density at radius 1 is 1.00 bits per heavy atom. The summed E-state index contributed by atoms with van der Waals surface area (Å²) in [6.07, 6.45) is 1.49. The molecular weight excluding hydrogens is 319 g/mol. The van der Waals surface area contributed by atoms with E-state index in [-0.39, 0.29) is 17.4 Å². The van der Waals surface area contributed by atoms with Crippen molar-refractivity contribution in [2.75, 3.05) is 10.6 Å². The van der Waals surface area contributed by atoms with Gasteiger partial charge in [0.05, 0.1) is 23.5 Å². The monoisotopic (exact) mass is 332 g/mol. The van der Waals surface area contributed by atoms with Crippen molar-refractivity contribution < 1.29 is 9.18 Å². The van der Waals surface area contributed by atoms with Crippen LogP contribution in [0.4, 0.5) is 21.5 Å². The number of aromatic nitrogens is 1. The first-order valence-electron chi connectivity index (χ1n) is 7.44. The summed E-state index contributed by atoms with van der Waals surface area (Å²) in [7, 11) is 0. The second kappa shape index (κ2) is 7.23. The Morgan fingerprint density at radius 2 is 1.80 bits per heavy atom. The minimum atomic E-state index is -0.382. The molecule has 5 nitrogen and oxygen atoms in total. The van der Waals surface area contributed by atoms with Gasteiger partial charge in [-0.3, -0.25) is 4.79 Å². The molecular formula is C19H13FN4O. The normalized spacial score (nSPS) is 9.92. The third kappa shape index (κ3) is 4.18. The number of rotatable bonds is 4. The first-order chi connectivity index (χ1) is 12.1. The van der Waals surface area contributed by atoms with Gasteiger partial charge in [0.1, 0.15) is 11.5 Å². The van der Waals surface area contributed by atoms with Gasteiger partial charge in [0.15, 0.2) is 0 Å². The maximum Gasteiger partial charge on any atom is 0.274 e. The molecule has 1 aromatic heterocycles. The minimum Gasteiger partial charge on any atom is -0.354 e. The number of nitrogens with zero attached hydrogens (tertiary/aromatic N) is 2. The van der Waals surface area contributed by atoms with E-state index < -0.39 is 0 Å². The molecule has 0 aliphatic carbocycles. The highest BCUT2D eigenvalue weighted by Crippen LogP contribution is 2.17. The van der Waals surface area contributed by atoms with E-state index in [1.165, 1.54) is 18.3 Å². The molecule has 122 valence electrons. The van der Waals surface area contributed by atoms with Crippen molar-refractivity contribution in [3.05, 3.63) is 83.9 Å². The predicted molar refractivity (Wildman–Crippen MR) is 93.0 cm³/mol. The summed E-state index contributed by atoms with van der Waals surface area (Å²) in [6.45, 7) is 0. The molecule has 2 N–H and O–H groups in total. The Balaban J connectivity index is 1.69. The van der Waals surface area contributed by atoms with Gasteiger partial charge in [0, 0.05) is 11.4 Å². The van der Waals surface area contributed by atoms with Crippen LogP contribution >= 0.6 is 0 Å². The summed E-state index contributed by atoms with van der Waals surface area (Å²) < 4.78 is 13.2. The van der Waals surface area contributed by atoms with Crippen molar-refractivity contribution in [3.8, 4) is 6.07 Å². The fourth-order valence-electron chi connectivity index (χ4n) is 2.20. The van der Waals surface area contributed by atoms with E-state index in [0.29, 0.717) is 22.6 Å². The lowest BCUT2D eigenvalue weighted by Gasteiger charge is -2.08. The van der Waals surface area contributed by atoms with E-state index in [9.17, 15) is 9.18 Å². The van der Waals surface area contributed by atoms with Crippen LogP contribution in [0.2, 0.25) is 0 Å². The van der Waals surface area contributed by atoms with Gasteiger partial charge in [0.2, 0.25) is 0 Å². The number of carbonyl (C=O) groups excluding carboxylic acids is 1. The lowest BCUT2D eigenvalue weighted by atomic mass is 10.2. The molecule has 3 rings (SSSR count). The number of nitriles is 1. The standard InChI is InChI=1S/C19H13FN4O/c20-14-4-2-6-16(10-14)23-17-7-8-18(22-12-17)19(25)24-15-5-1-3-13(9-15)11-21/h1-10,12,23H,(H,24,25). The molecule has 0 aliphatic heterocycles. The Bertz CT molecular complexity index is 948. The first kappa shape index (κ1) is 16.1. The Morgan fingerprint density at radius 3 is 2.52 bits per heavy atom. The largest absolute Gasteiger partial charge is 0.354 e. The van der Waals surface area contributed by atoms with Gasteiger partial charge in [-0.25, -0.2) is 9.37 Å². The molecule has 0 saturated carbocycles. The number of amides is 1. The number of hydrogen-bond acceptors (Lipinski definition) is 4. The maximum absolute atomic E-state index is 13.2. The van der Waals surface area contributed by atoms with Crippen molar-refractivity contribution in [3.63, 3.8) is 0 Å². The fourth-order valence-corrected chi connectivity index (χ4v) is 2.20. The molecule has 2 aromatic carbocycles. The second-order valence-corrected chi connectivity index (χ2v) is 5.21. The Kier molecular flexibility index (Phi) is 4.67. The zero-order valence-corrected chi connectivity index (χ0v) is 13.0. The van der Waals surface area contributed by atoms with E-state index in [1.54, 1.807) is 48.5 Å². The molecule has 0 bridgehead atoms. The number of hydrogen-bond donors (Lipinski definition) is 2. The van der Waals surface area contributed by atoms with Gasteiger partial charge in [-0.15, -0.1) is 0 Å². The quantitative estimate of drug-likeness (QED) is 0.754. The van der Waals surface area contributed by atoms with E-state index in [1.807, 2.05) is 6.07 Å². The van der Waals surface area contributed by atoms with E-state index >= 15 is 0 Å².